The Balaban J connectivity index is 1.53. The van der Waals surface area contributed by atoms with Crippen LogP contribution in [0, 0.1) is 0 Å². The van der Waals surface area contributed by atoms with Crippen molar-refractivity contribution in [2.45, 2.75) is 58.0 Å². The van der Waals surface area contributed by atoms with Gasteiger partial charge in [-0.15, -0.1) is 0 Å². The highest BCUT2D eigenvalue weighted by atomic mass is 16.2. The van der Waals surface area contributed by atoms with Crippen LogP contribution in [-0.4, -0.2) is 20.3 Å². The second-order valence-corrected chi connectivity index (χ2v) is 8.93. The molecule has 1 aliphatic carbocycles. The summed E-state index contributed by atoms with van der Waals surface area (Å²) in [6.07, 6.45) is 6.28. The van der Waals surface area contributed by atoms with E-state index < -0.39 is 0 Å². The van der Waals surface area contributed by atoms with Gasteiger partial charge in [-0.05, 0) is 48.4 Å². The van der Waals surface area contributed by atoms with Gasteiger partial charge in [0, 0.05) is 23.5 Å². The molecule has 0 saturated carbocycles. The standard InChI is InChI=1S/C24H28N4O2/c1-24(2,3)17-10-12-18(13-11-17)28-21-8-6-7-20(19(21)15-25-28)26-22(29)16-27-14-5-4-9-23(27)30/h4-5,9-15,20H,6-8,16H2,1-3H3,(H,26,29)/t20-/m1/s1. The van der Waals surface area contributed by atoms with E-state index in [2.05, 4.69) is 55.5 Å². The maximum Gasteiger partial charge on any atom is 0.250 e. The van der Waals surface area contributed by atoms with Crippen molar-refractivity contribution in [3.05, 3.63) is 82.0 Å². The molecule has 0 unspecified atom stereocenters. The van der Waals surface area contributed by atoms with Crippen molar-refractivity contribution in [3.63, 3.8) is 0 Å². The van der Waals surface area contributed by atoms with Crippen LogP contribution in [0.15, 0.2) is 59.7 Å². The van der Waals surface area contributed by atoms with Crippen LogP contribution in [-0.2, 0) is 23.2 Å². The zero-order valence-electron chi connectivity index (χ0n) is 17.8. The lowest BCUT2D eigenvalue weighted by molar-refractivity contribution is -0.122. The van der Waals surface area contributed by atoms with Crippen molar-refractivity contribution in [1.29, 1.82) is 0 Å². The van der Waals surface area contributed by atoms with Gasteiger partial charge < -0.3 is 9.88 Å². The van der Waals surface area contributed by atoms with Crippen molar-refractivity contribution < 1.29 is 4.79 Å². The molecule has 1 N–H and O–H groups in total. The van der Waals surface area contributed by atoms with Gasteiger partial charge in [-0.2, -0.15) is 5.10 Å². The van der Waals surface area contributed by atoms with Crippen LogP contribution < -0.4 is 10.9 Å². The number of hydrogen-bond donors (Lipinski definition) is 1. The Hall–Kier alpha value is -3.15. The molecule has 1 amide bonds. The van der Waals surface area contributed by atoms with Gasteiger partial charge in [0.25, 0.3) is 5.56 Å². The molecule has 0 spiro atoms. The summed E-state index contributed by atoms with van der Waals surface area (Å²) in [6.45, 7) is 6.63. The molecule has 2 aromatic heterocycles. The predicted octanol–water partition coefficient (Wildman–Crippen LogP) is 3.53. The summed E-state index contributed by atoms with van der Waals surface area (Å²) in [7, 11) is 0. The monoisotopic (exact) mass is 404 g/mol. The molecule has 0 saturated heterocycles. The van der Waals surface area contributed by atoms with E-state index in [9.17, 15) is 9.59 Å². The third-order valence-electron chi connectivity index (χ3n) is 5.71. The number of hydrogen-bond acceptors (Lipinski definition) is 3. The lowest BCUT2D eigenvalue weighted by Gasteiger charge is -2.24. The summed E-state index contributed by atoms with van der Waals surface area (Å²) in [4.78, 5) is 24.4. The van der Waals surface area contributed by atoms with Gasteiger partial charge in [0.1, 0.15) is 6.54 Å². The Morgan fingerprint density at radius 2 is 1.93 bits per heavy atom. The molecule has 30 heavy (non-hydrogen) atoms. The third kappa shape index (κ3) is 4.08. The van der Waals surface area contributed by atoms with Crippen molar-refractivity contribution in [2.24, 2.45) is 0 Å². The molecule has 1 atom stereocenters. The first-order chi connectivity index (χ1) is 14.3. The largest absolute Gasteiger partial charge is 0.348 e. The van der Waals surface area contributed by atoms with E-state index in [1.54, 1.807) is 18.3 Å². The second kappa shape index (κ2) is 7.94. The number of aromatic nitrogens is 3. The van der Waals surface area contributed by atoms with Crippen LogP contribution in [0.5, 0.6) is 0 Å². The van der Waals surface area contributed by atoms with Crippen LogP contribution in [0.2, 0.25) is 0 Å². The minimum atomic E-state index is -0.177. The van der Waals surface area contributed by atoms with E-state index in [0.29, 0.717) is 0 Å². The molecular weight excluding hydrogens is 376 g/mol. The third-order valence-corrected chi connectivity index (χ3v) is 5.71. The number of carbonyl (C=O) groups is 1. The number of nitrogens with one attached hydrogen (secondary N) is 1. The normalized spacial score (nSPS) is 16.2. The topological polar surface area (TPSA) is 68.9 Å². The fraction of sp³-hybridized carbons (Fsp3) is 0.375. The van der Waals surface area contributed by atoms with E-state index in [1.807, 2.05) is 10.9 Å². The smallest absolute Gasteiger partial charge is 0.250 e. The molecule has 6 heteroatoms. The van der Waals surface area contributed by atoms with Crippen LogP contribution in [0.1, 0.15) is 56.5 Å². The molecule has 0 fully saturated rings. The van der Waals surface area contributed by atoms with E-state index in [0.717, 1.165) is 36.2 Å². The lowest BCUT2D eigenvalue weighted by Crippen LogP contribution is -2.35. The summed E-state index contributed by atoms with van der Waals surface area (Å²) >= 11 is 0. The average Bonchev–Trinajstić information content (AvgIpc) is 3.14. The van der Waals surface area contributed by atoms with Crippen molar-refractivity contribution in [3.8, 4) is 5.69 Å². The first-order valence-corrected chi connectivity index (χ1v) is 10.5. The van der Waals surface area contributed by atoms with Gasteiger partial charge >= 0.3 is 0 Å². The Morgan fingerprint density at radius 1 is 1.17 bits per heavy atom. The molecule has 1 aliphatic rings. The van der Waals surface area contributed by atoms with Crippen molar-refractivity contribution in [2.75, 3.05) is 0 Å². The number of pyridine rings is 1. The molecule has 4 rings (SSSR count). The Kier molecular flexibility index (Phi) is 5.33. The average molecular weight is 405 g/mol. The quantitative estimate of drug-likeness (QED) is 0.723. The molecule has 0 radical (unpaired) electrons. The first-order valence-electron chi connectivity index (χ1n) is 10.5. The van der Waals surface area contributed by atoms with E-state index in [4.69, 9.17) is 0 Å². The Labute approximate surface area is 176 Å². The van der Waals surface area contributed by atoms with Gasteiger partial charge in [-0.1, -0.05) is 39.0 Å². The first kappa shape index (κ1) is 20.1. The number of fused-ring (bicyclic) bond motifs is 1. The zero-order valence-corrected chi connectivity index (χ0v) is 17.8. The fourth-order valence-electron chi connectivity index (χ4n) is 4.02. The number of rotatable bonds is 4. The van der Waals surface area contributed by atoms with Gasteiger partial charge in [0.05, 0.1) is 17.9 Å². The molecule has 1 aromatic carbocycles. The summed E-state index contributed by atoms with van der Waals surface area (Å²) in [6, 6.07) is 13.3. The Morgan fingerprint density at radius 3 is 2.63 bits per heavy atom. The van der Waals surface area contributed by atoms with E-state index >= 15 is 0 Å². The van der Waals surface area contributed by atoms with Crippen LogP contribution >= 0.6 is 0 Å². The number of nitrogens with zero attached hydrogens (tertiary/aromatic N) is 3. The fourth-order valence-corrected chi connectivity index (χ4v) is 4.02. The van der Waals surface area contributed by atoms with E-state index in [-0.39, 0.29) is 29.5 Å². The molecule has 0 aliphatic heterocycles. The van der Waals surface area contributed by atoms with Crippen LogP contribution in [0.25, 0.3) is 5.69 Å². The van der Waals surface area contributed by atoms with Crippen LogP contribution in [0.4, 0.5) is 0 Å². The molecule has 6 nitrogen and oxygen atoms in total. The maximum absolute atomic E-state index is 12.6. The maximum atomic E-state index is 12.6. The summed E-state index contributed by atoms with van der Waals surface area (Å²) < 4.78 is 3.40. The lowest BCUT2D eigenvalue weighted by atomic mass is 9.87. The highest BCUT2D eigenvalue weighted by molar-refractivity contribution is 5.76. The second-order valence-electron chi connectivity index (χ2n) is 8.93. The number of carbonyl (C=O) groups excluding carboxylic acids is 1. The van der Waals surface area contributed by atoms with Crippen LogP contribution in [0.3, 0.4) is 0 Å². The van der Waals surface area contributed by atoms with Gasteiger partial charge in [-0.25, -0.2) is 4.68 Å². The number of benzene rings is 1. The minimum Gasteiger partial charge on any atom is -0.348 e. The number of amides is 1. The summed E-state index contributed by atoms with van der Waals surface area (Å²) in [5.41, 5.74) is 4.46. The molecular formula is C24H28N4O2. The van der Waals surface area contributed by atoms with Crippen molar-refractivity contribution in [1.82, 2.24) is 19.7 Å². The molecule has 156 valence electrons. The predicted molar refractivity (Wildman–Crippen MR) is 117 cm³/mol. The summed E-state index contributed by atoms with van der Waals surface area (Å²) in [5.74, 6) is -0.163. The minimum absolute atomic E-state index is 0.0217. The molecule has 2 heterocycles. The van der Waals surface area contributed by atoms with E-state index in [1.165, 1.54) is 16.2 Å². The SMILES string of the molecule is CC(C)(C)c1ccc(-n2ncc3c2CCC[C@H]3NC(=O)Cn2ccccc2=O)cc1. The molecule has 0 bridgehead atoms. The highest BCUT2D eigenvalue weighted by Crippen LogP contribution is 2.31. The zero-order chi connectivity index (χ0) is 21.3. The Bertz CT molecular complexity index is 1100. The van der Waals surface area contributed by atoms with Gasteiger partial charge in [0.15, 0.2) is 0 Å². The molecule has 3 aromatic rings. The van der Waals surface area contributed by atoms with Crippen molar-refractivity contribution >= 4 is 5.91 Å². The summed E-state index contributed by atoms with van der Waals surface area (Å²) in [5, 5.41) is 7.72. The van der Waals surface area contributed by atoms with Gasteiger partial charge in [0.2, 0.25) is 5.91 Å². The van der Waals surface area contributed by atoms with Gasteiger partial charge in [-0.3, -0.25) is 9.59 Å². The highest BCUT2D eigenvalue weighted by Gasteiger charge is 2.26.